The van der Waals surface area contributed by atoms with Gasteiger partial charge in [0.05, 0.1) is 25.7 Å². The minimum Gasteiger partial charge on any atom is -1.00 e. The van der Waals surface area contributed by atoms with Crippen LogP contribution in [-0.4, -0.2) is 47.3 Å². The maximum Gasteiger partial charge on any atom is 0.347 e. The first-order valence-electron chi connectivity index (χ1n) is 9.97. The summed E-state index contributed by atoms with van der Waals surface area (Å²) < 4.78 is 6.84. The van der Waals surface area contributed by atoms with Crippen molar-refractivity contribution >= 4 is 5.97 Å². The molecule has 2 atom stereocenters. The number of rotatable bonds is 4. The number of quaternary nitrogens is 1. The molecule has 2 unspecified atom stereocenters. The summed E-state index contributed by atoms with van der Waals surface area (Å²) in [5.41, 5.74) is -0.811. The lowest BCUT2D eigenvalue weighted by Crippen LogP contribution is -3.00. The highest BCUT2D eigenvalue weighted by Crippen LogP contribution is 2.39. The van der Waals surface area contributed by atoms with Gasteiger partial charge in [-0.2, -0.15) is 0 Å². The second-order valence-electron chi connectivity index (χ2n) is 9.11. The number of likely N-dealkylation sites (tertiary alicyclic amines) is 1. The van der Waals surface area contributed by atoms with Crippen molar-refractivity contribution in [3.63, 3.8) is 0 Å². The maximum absolute atomic E-state index is 13.3. The lowest BCUT2D eigenvalue weighted by molar-refractivity contribution is -0.965. The van der Waals surface area contributed by atoms with E-state index >= 15 is 0 Å². The average Bonchev–Trinajstić information content (AvgIpc) is 2.67. The molecule has 1 N–H and O–H groups in total. The van der Waals surface area contributed by atoms with Crippen LogP contribution < -0.4 is 12.4 Å². The van der Waals surface area contributed by atoms with Crippen molar-refractivity contribution in [3.8, 4) is 0 Å². The van der Waals surface area contributed by atoms with Gasteiger partial charge in [-0.05, 0) is 31.9 Å². The van der Waals surface area contributed by atoms with Gasteiger partial charge in [-0.15, -0.1) is 0 Å². The van der Waals surface area contributed by atoms with Crippen LogP contribution in [-0.2, 0) is 15.1 Å². The Morgan fingerprint density at radius 1 is 1.03 bits per heavy atom. The molecule has 1 aliphatic rings. The summed E-state index contributed by atoms with van der Waals surface area (Å²) in [5.74, 6) is -0.606. The molecule has 1 aliphatic heterocycles. The average molecular weight is 418 g/mol. The third-order valence-electron chi connectivity index (χ3n) is 6.95. The summed E-state index contributed by atoms with van der Waals surface area (Å²) in [7, 11) is 4.46. The van der Waals surface area contributed by atoms with Gasteiger partial charge >= 0.3 is 5.97 Å². The summed E-state index contributed by atoms with van der Waals surface area (Å²) in [6.07, 6.45) is 1.32. The highest BCUT2D eigenvalue weighted by atomic mass is 35.5. The first kappa shape index (κ1) is 23.4. The molecular formula is C24H32ClNO3. The van der Waals surface area contributed by atoms with Crippen LogP contribution in [0.4, 0.5) is 0 Å². The van der Waals surface area contributed by atoms with Crippen molar-refractivity contribution < 1.29 is 31.5 Å². The minimum absolute atomic E-state index is 0. The molecule has 1 saturated heterocycles. The molecule has 158 valence electrons. The second kappa shape index (κ2) is 8.47. The third-order valence-corrected chi connectivity index (χ3v) is 6.95. The summed E-state index contributed by atoms with van der Waals surface area (Å²) in [6, 6.07) is 18.4. The molecule has 2 aromatic rings. The van der Waals surface area contributed by atoms with E-state index in [0.29, 0.717) is 17.2 Å². The zero-order valence-electron chi connectivity index (χ0n) is 17.9. The fourth-order valence-electron chi connectivity index (χ4n) is 4.20. The lowest BCUT2D eigenvalue weighted by atomic mass is 9.82. The van der Waals surface area contributed by atoms with Crippen molar-refractivity contribution in [1.82, 2.24) is 0 Å². The van der Waals surface area contributed by atoms with E-state index in [-0.39, 0.29) is 24.0 Å². The quantitative estimate of drug-likeness (QED) is 0.593. The maximum atomic E-state index is 13.3. The summed E-state index contributed by atoms with van der Waals surface area (Å²) in [4.78, 5) is 13.3. The van der Waals surface area contributed by atoms with Gasteiger partial charge in [-0.3, -0.25) is 0 Å². The Morgan fingerprint density at radius 2 is 1.48 bits per heavy atom. The Labute approximate surface area is 180 Å². The van der Waals surface area contributed by atoms with Crippen LogP contribution in [0, 0.1) is 0 Å². The molecule has 0 spiro atoms. The van der Waals surface area contributed by atoms with Crippen LogP contribution in [0.2, 0.25) is 0 Å². The molecule has 0 aromatic heterocycles. The Bertz CT molecular complexity index is 781. The van der Waals surface area contributed by atoms with E-state index in [4.69, 9.17) is 4.74 Å². The van der Waals surface area contributed by atoms with Crippen LogP contribution in [0.3, 0.4) is 0 Å². The monoisotopic (exact) mass is 417 g/mol. The molecule has 0 radical (unpaired) electrons. The van der Waals surface area contributed by atoms with Crippen molar-refractivity contribution in [2.75, 3.05) is 14.1 Å². The van der Waals surface area contributed by atoms with Crippen LogP contribution >= 0.6 is 0 Å². The molecule has 0 aliphatic carbocycles. The van der Waals surface area contributed by atoms with Gasteiger partial charge in [0, 0.05) is 12.8 Å². The Kier molecular flexibility index (Phi) is 6.83. The predicted octanol–water partition coefficient (Wildman–Crippen LogP) is 0.876. The Morgan fingerprint density at radius 3 is 1.90 bits per heavy atom. The van der Waals surface area contributed by atoms with Gasteiger partial charge in [-0.1, -0.05) is 60.7 Å². The molecule has 5 heteroatoms. The van der Waals surface area contributed by atoms with Crippen molar-refractivity contribution in [3.05, 3.63) is 71.8 Å². The molecular weight excluding hydrogens is 386 g/mol. The zero-order chi connectivity index (χ0) is 20.6. The SMILES string of the molecule is CC1CC(OC(=O)C(O)(c2ccccc2)c2ccccc2)CC(C)(C)[N+]1(C)C.[Cl-]. The van der Waals surface area contributed by atoms with Gasteiger partial charge in [0.2, 0.25) is 5.60 Å². The number of hydrogen-bond acceptors (Lipinski definition) is 3. The van der Waals surface area contributed by atoms with Crippen molar-refractivity contribution in [2.45, 2.75) is 56.9 Å². The minimum atomic E-state index is -1.82. The molecule has 0 bridgehead atoms. The number of nitrogens with zero attached hydrogens (tertiary/aromatic N) is 1. The van der Waals surface area contributed by atoms with E-state index < -0.39 is 11.6 Å². The number of piperidine rings is 1. The fraction of sp³-hybridized carbons (Fsp3) is 0.458. The first-order chi connectivity index (χ1) is 13.1. The van der Waals surface area contributed by atoms with E-state index in [9.17, 15) is 9.90 Å². The van der Waals surface area contributed by atoms with E-state index in [1.54, 1.807) is 24.3 Å². The molecule has 3 rings (SSSR count). The molecule has 0 amide bonds. The fourth-order valence-corrected chi connectivity index (χ4v) is 4.20. The molecule has 29 heavy (non-hydrogen) atoms. The van der Waals surface area contributed by atoms with Gasteiger partial charge in [0.15, 0.2) is 0 Å². The van der Waals surface area contributed by atoms with Crippen LogP contribution in [0.1, 0.15) is 44.7 Å². The van der Waals surface area contributed by atoms with Crippen LogP contribution in [0.5, 0.6) is 0 Å². The zero-order valence-corrected chi connectivity index (χ0v) is 18.7. The lowest BCUT2D eigenvalue weighted by Gasteiger charge is -2.54. The smallest absolute Gasteiger partial charge is 0.347 e. The molecule has 0 saturated carbocycles. The van der Waals surface area contributed by atoms with Crippen LogP contribution in [0.15, 0.2) is 60.7 Å². The second-order valence-corrected chi connectivity index (χ2v) is 9.11. The normalized spacial score (nSPS) is 23.0. The highest BCUT2D eigenvalue weighted by molar-refractivity contribution is 5.85. The van der Waals surface area contributed by atoms with E-state index in [0.717, 1.165) is 17.3 Å². The van der Waals surface area contributed by atoms with Crippen molar-refractivity contribution in [1.29, 1.82) is 0 Å². The van der Waals surface area contributed by atoms with Gasteiger partial charge in [0.25, 0.3) is 0 Å². The molecule has 4 nitrogen and oxygen atoms in total. The predicted molar refractivity (Wildman–Crippen MR) is 111 cm³/mol. The third kappa shape index (κ3) is 4.20. The number of ether oxygens (including phenoxy) is 1. The van der Waals surface area contributed by atoms with Crippen LogP contribution in [0.25, 0.3) is 0 Å². The van der Waals surface area contributed by atoms with Gasteiger partial charge < -0.3 is 26.7 Å². The number of aliphatic hydroxyl groups is 1. The molecule has 1 heterocycles. The van der Waals surface area contributed by atoms with Crippen molar-refractivity contribution in [2.24, 2.45) is 0 Å². The topological polar surface area (TPSA) is 46.5 Å². The van der Waals surface area contributed by atoms with E-state index in [1.807, 2.05) is 36.4 Å². The van der Waals surface area contributed by atoms with Gasteiger partial charge in [0.1, 0.15) is 6.10 Å². The summed E-state index contributed by atoms with van der Waals surface area (Å²) >= 11 is 0. The Hall–Kier alpha value is -1.88. The number of carbonyl (C=O) groups is 1. The van der Waals surface area contributed by atoms with Gasteiger partial charge in [-0.25, -0.2) is 4.79 Å². The molecule has 1 fully saturated rings. The van der Waals surface area contributed by atoms with E-state index in [2.05, 4.69) is 34.9 Å². The number of halogens is 1. The van der Waals surface area contributed by atoms with E-state index in [1.165, 1.54) is 0 Å². The highest BCUT2D eigenvalue weighted by Gasteiger charge is 2.50. The summed E-state index contributed by atoms with van der Waals surface area (Å²) in [6.45, 7) is 6.62. The number of benzene rings is 2. The largest absolute Gasteiger partial charge is 1.00 e. The summed E-state index contributed by atoms with van der Waals surface area (Å²) in [5, 5.41) is 11.6. The standard InChI is InChI=1S/C24H32NO3.ClH/c1-18-16-21(17-23(2,3)25(18,4)5)28-22(26)24(27,19-12-8-6-9-13-19)20-14-10-7-11-15-20;/h6-15,18,21,27H,16-17H2,1-5H3;1H/q+1;/p-1. The number of hydrogen-bond donors (Lipinski definition) is 1. The first-order valence-corrected chi connectivity index (χ1v) is 9.97. The number of carbonyl (C=O) groups excluding carboxylic acids is 1. The Balaban J connectivity index is 0.00000300. The number of esters is 1. The molecule has 2 aromatic carbocycles.